The Morgan fingerprint density at radius 2 is 1.76 bits per heavy atom. The zero-order valence-corrected chi connectivity index (χ0v) is 15.3. The van der Waals surface area contributed by atoms with E-state index >= 15 is 0 Å². The molecule has 0 atom stereocenters. The van der Waals surface area contributed by atoms with Gasteiger partial charge in [0.05, 0.1) is 14.2 Å². The minimum atomic E-state index is -0.638. The average Bonchev–Trinajstić information content (AvgIpc) is 2.58. The Morgan fingerprint density at radius 1 is 1.12 bits per heavy atom. The minimum absolute atomic E-state index is 0.197. The number of carbonyl (C=O) groups is 2. The van der Waals surface area contributed by atoms with Gasteiger partial charge in [0.25, 0.3) is 11.8 Å². The first-order valence-corrected chi connectivity index (χ1v) is 7.98. The summed E-state index contributed by atoms with van der Waals surface area (Å²) in [5, 5.41) is 2.78. The van der Waals surface area contributed by atoms with Gasteiger partial charge in [-0.2, -0.15) is 0 Å². The first-order valence-electron chi connectivity index (χ1n) is 7.18. The van der Waals surface area contributed by atoms with Gasteiger partial charge in [-0.3, -0.25) is 9.59 Å². The van der Waals surface area contributed by atoms with Gasteiger partial charge in [0.15, 0.2) is 18.1 Å². The summed E-state index contributed by atoms with van der Waals surface area (Å²) in [5.74, 6) is -0.292. The van der Waals surface area contributed by atoms with E-state index in [-0.39, 0.29) is 29.8 Å². The molecule has 2 amide bonds. The van der Waals surface area contributed by atoms with Crippen LogP contribution in [-0.2, 0) is 4.79 Å². The van der Waals surface area contributed by atoms with Crippen LogP contribution in [0.1, 0.15) is 10.4 Å². The maximum atomic E-state index is 12.5. The highest BCUT2D eigenvalue weighted by molar-refractivity contribution is 9.10. The number of hydrogen-bond acceptors (Lipinski definition) is 5. The molecule has 0 spiro atoms. The summed E-state index contributed by atoms with van der Waals surface area (Å²) < 4.78 is 16.6. The smallest absolute Gasteiger partial charge is 0.255 e. The van der Waals surface area contributed by atoms with Crippen LogP contribution in [-0.4, -0.2) is 32.6 Å². The number of benzene rings is 2. The Balaban J connectivity index is 2.31. The third-order valence-electron chi connectivity index (χ3n) is 3.16. The minimum Gasteiger partial charge on any atom is -0.493 e. The number of hydrogen-bond donors (Lipinski definition) is 2. The van der Waals surface area contributed by atoms with Crippen molar-refractivity contribution in [1.82, 2.24) is 0 Å². The normalized spacial score (nSPS) is 10.0. The molecule has 0 saturated heterocycles. The van der Waals surface area contributed by atoms with Crippen LogP contribution < -0.4 is 25.3 Å². The van der Waals surface area contributed by atoms with Gasteiger partial charge in [0.2, 0.25) is 5.75 Å². The molecular formula is C17H17BrN2O5. The molecule has 0 radical (unpaired) electrons. The summed E-state index contributed by atoms with van der Waals surface area (Å²) >= 11 is 3.35. The molecule has 0 aromatic heterocycles. The summed E-state index contributed by atoms with van der Waals surface area (Å²) in [7, 11) is 2.84. The highest BCUT2D eigenvalue weighted by Crippen LogP contribution is 2.38. The number of primary amides is 1. The molecule has 2 aromatic carbocycles. The molecule has 25 heavy (non-hydrogen) atoms. The fraction of sp³-hybridized carbons (Fsp3) is 0.176. The maximum absolute atomic E-state index is 12.5. The number of halogens is 1. The lowest BCUT2D eigenvalue weighted by molar-refractivity contribution is -0.120. The van der Waals surface area contributed by atoms with Gasteiger partial charge in [-0.1, -0.05) is 22.0 Å². The Kier molecular flexibility index (Phi) is 6.24. The van der Waals surface area contributed by atoms with E-state index in [1.807, 2.05) is 12.1 Å². The molecule has 0 unspecified atom stereocenters. The second-order valence-corrected chi connectivity index (χ2v) is 5.85. The summed E-state index contributed by atoms with van der Waals surface area (Å²) in [4.78, 5) is 23.4. The van der Waals surface area contributed by atoms with Crippen LogP contribution in [0.25, 0.3) is 0 Å². The summed E-state index contributed by atoms with van der Waals surface area (Å²) in [5.41, 5.74) is 6.02. The van der Waals surface area contributed by atoms with Gasteiger partial charge in [0, 0.05) is 15.7 Å². The van der Waals surface area contributed by atoms with Gasteiger partial charge in [-0.25, -0.2) is 0 Å². The van der Waals surface area contributed by atoms with E-state index in [0.29, 0.717) is 11.3 Å². The Bertz CT molecular complexity index is 769. The number of anilines is 1. The molecule has 2 aromatic rings. The standard InChI is InChI=1S/C17H17BrN2O5/c1-23-13-6-10(7-14(24-2)16(13)25-9-15(19)21)17(22)20-12-5-3-4-11(18)8-12/h3-8H,9H2,1-2H3,(H2,19,21)(H,20,22). The van der Waals surface area contributed by atoms with Crippen molar-refractivity contribution in [2.45, 2.75) is 0 Å². The molecule has 8 heteroatoms. The van der Waals surface area contributed by atoms with Crippen LogP contribution in [0.15, 0.2) is 40.9 Å². The highest BCUT2D eigenvalue weighted by Gasteiger charge is 2.18. The molecule has 7 nitrogen and oxygen atoms in total. The number of rotatable bonds is 7. The van der Waals surface area contributed by atoms with Crippen molar-refractivity contribution >= 4 is 33.4 Å². The molecule has 132 valence electrons. The molecule has 0 aliphatic rings. The SMILES string of the molecule is COc1cc(C(=O)Nc2cccc(Br)c2)cc(OC)c1OCC(N)=O. The van der Waals surface area contributed by atoms with Gasteiger partial charge >= 0.3 is 0 Å². The fourth-order valence-electron chi connectivity index (χ4n) is 2.07. The van der Waals surface area contributed by atoms with Gasteiger partial charge in [0.1, 0.15) is 0 Å². The van der Waals surface area contributed by atoms with Gasteiger partial charge in [-0.15, -0.1) is 0 Å². The molecular weight excluding hydrogens is 392 g/mol. The number of methoxy groups -OCH3 is 2. The molecule has 0 aliphatic heterocycles. The lowest BCUT2D eigenvalue weighted by Gasteiger charge is -2.15. The van der Waals surface area contributed by atoms with E-state index in [1.165, 1.54) is 26.4 Å². The Morgan fingerprint density at radius 3 is 2.28 bits per heavy atom. The molecule has 0 fully saturated rings. The predicted octanol–water partition coefficient (Wildman–Crippen LogP) is 2.58. The molecule has 0 saturated carbocycles. The van der Waals surface area contributed by atoms with Crippen LogP contribution >= 0.6 is 15.9 Å². The highest BCUT2D eigenvalue weighted by atomic mass is 79.9. The summed E-state index contributed by atoms with van der Waals surface area (Å²) in [6.07, 6.45) is 0. The van der Waals surface area contributed by atoms with Crippen LogP contribution in [0.3, 0.4) is 0 Å². The maximum Gasteiger partial charge on any atom is 0.255 e. The molecule has 3 N–H and O–H groups in total. The zero-order valence-electron chi connectivity index (χ0n) is 13.7. The van der Waals surface area contributed by atoms with Gasteiger partial charge in [-0.05, 0) is 30.3 Å². The van der Waals surface area contributed by atoms with Crippen molar-refractivity contribution in [3.8, 4) is 17.2 Å². The van der Waals surface area contributed by atoms with Crippen LogP contribution in [0.4, 0.5) is 5.69 Å². The van der Waals surface area contributed by atoms with Crippen molar-refractivity contribution in [2.75, 3.05) is 26.1 Å². The van der Waals surface area contributed by atoms with Crippen LogP contribution in [0, 0.1) is 0 Å². The van der Waals surface area contributed by atoms with Crippen LogP contribution in [0.2, 0.25) is 0 Å². The van der Waals surface area contributed by atoms with E-state index in [2.05, 4.69) is 21.2 Å². The lowest BCUT2D eigenvalue weighted by atomic mass is 10.1. The molecule has 0 bridgehead atoms. The van der Waals surface area contributed by atoms with Crippen molar-refractivity contribution in [3.05, 3.63) is 46.4 Å². The van der Waals surface area contributed by atoms with Crippen molar-refractivity contribution in [2.24, 2.45) is 5.73 Å². The number of nitrogens with two attached hydrogens (primary N) is 1. The van der Waals surface area contributed by atoms with Crippen molar-refractivity contribution in [3.63, 3.8) is 0 Å². The third kappa shape index (κ3) is 4.87. The largest absolute Gasteiger partial charge is 0.493 e. The van der Waals surface area contributed by atoms with E-state index < -0.39 is 5.91 Å². The lowest BCUT2D eigenvalue weighted by Crippen LogP contribution is -2.20. The topological polar surface area (TPSA) is 99.9 Å². The van der Waals surface area contributed by atoms with E-state index in [0.717, 1.165) is 4.47 Å². The quantitative estimate of drug-likeness (QED) is 0.733. The van der Waals surface area contributed by atoms with Gasteiger partial charge < -0.3 is 25.3 Å². The molecule has 0 aliphatic carbocycles. The van der Waals surface area contributed by atoms with E-state index in [9.17, 15) is 9.59 Å². The van der Waals surface area contributed by atoms with Crippen LogP contribution in [0.5, 0.6) is 17.2 Å². The summed E-state index contributed by atoms with van der Waals surface area (Å²) in [6, 6.07) is 10.2. The Labute approximate surface area is 153 Å². The molecule has 0 heterocycles. The fourth-order valence-corrected chi connectivity index (χ4v) is 2.47. The number of nitrogens with one attached hydrogen (secondary N) is 1. The number of carbonyl (C=O) groups excluding carboxylic acids is 2. The second kappa shape index (κ2) is 8.39. The third-order valence-corrected chi connectivity index (χ3v) is 3.66. The predicted molar refractivity (Wildman–Crippen MR) is 96.3 cm³/mol. The van der Waals surface area contributed by atoms with E-state index in [4.69, 9.17) is 19.9 Å². The van der Waals surface area contributed by atoms with Crippen molar-refractivity contribution < 1.29 is 23.8 Å². The monoisotopic (exact) mass is 408 g/mol. The first-order chi connectivity index (χ1) is 11.9. The summed E-state index contributed by atoms with van der Waals surface area (Å²) in [6.45, 7) is -0.337. The van der Waals surface area contributed by atoms with Crippen molar-refractivity contribution in [1.29, 1.82) is 0 Å². The van der Waals surface area contributed by atoms with E-state index in [1.54, 1.807) is 12.1 Å². The second-order valence-electron chi connectivity index (χ2n) is 4.93. The molecule has 2 rings (SSSR count). The number of amides is 2. The first kappa shape index (κ1) is 18.6. The average molecular weight is 409 g/mol. The number of ether oxygens (including phenoxy) is 3. The Hall–Kier alpha value is -2.74. The zero-order chi connectivity index (χ0) is 18.4.